The summed E-state index contributed by atoms with van der Waals surface area (Å²) in [6.45, 7) is 0. The molecule has 5 nitrogen and oxygen atoms in total. The highest BCUT2D eigenvalue weighted by Crippen LogP contribution is 2.24. The molecule has 1 amide bonds. The average Bonchev–Trinajstić information content (AvgIpc) is 3.26. The fourth-order valence-corrected chi connectivity index (χ4v) is 2.82. The first kappa shape index (κ1) is 18.3. The van der Waals surface area contributed by atoms with Gasteiger partial charge in [0, 0.05) is 5.56 Å². The number of halogens is 1. The minimum Gasteiger partial charge on any atom is -0.272 e. The maximum absolute atomic E-state index is 12.9. The van der Waals surface area contributed by atoms with Crippen molar-refractivity contribution in [2.45, 2.75) is 0 Å². The summed E-state index contributed by atoms with van der Waals surface area (Å²) in [4.78, 5) is 12.2. The van der Waals surface area contributed by atoms with Gasteiger partial charge in [0.05, 0.1) is 11.9 Å². The zero-order valence-corrected chi connectivity index (χ0v) is 15.3. The second-order valence-corrected chi connectivity index (χ2v) is 6.36. The predicted octanol–water partition coefficient (Wildman–Crippen LogP) is 4.65. The number of hydrogen-bond acceptors (Lipinski definition) is 3. The van der Waals surface area contributed by atoms with Crippen LogP contribution in [-0.2, 0) is 0 Å². The largest absolute Gasteiger partial charge is 0.289 e. The first-order valence-electron chi connectivity index (χ1n) is 8.99. The lowest BCUT2D eigenvalue weighted by Crippen LogP contribution is -2.17. The molecular formula is C23H17FN4O. The highest BCUT2D eigenvalue weighted by molar-refractivity contribution is 5.94. The van der Waals surface area contributed by atoms with Crippen molar-refractivity contribution < 1.29 is 9.18 Å². The van der Waals surface area contributed by atoms with Crippen LogP contribution in [0.25, 0.3) is 22.4 Å². The van der Waals surface area contributed by atoms with Crippen molar-refractivity contribution in [2.75, 3.05) is 0 Å². The minimum absolute atomic E-state index is 0.295. The molecule has 4 aromatic rings. The number of hydrogen-bond donors (Lipinski definition) is 2. The Balaban J connectivity index is 1.42. The number of carbonyl (C=O) groups is 1. The second kappa shape index (κ2) is 8.31. The number of benzene rings is 3. The molecule has 1 heterocycles. The summed E-state index contributed by atoms with van der Waals surface area (Å²) in [5.74, 6) is -0.740. The van der Waals surface area contributed by atoms with Gasteiger partial charge in [-0.05, 0) is 34.9 Å². The molecule has 0 unspecified atom stereocenters. The van der Waals surface area contributed by atoms with E-state index in [1.54, 1.807) is 18.2 Å². The number of H-pyrrole nitrogens is 1. The Morgan fingerprint density at radius 1 is 0.897 bits per heavy atom. The van der Waals surface area contributed by atoms with Gasteiger partial charge in [-0.15, -0.1) is 0 Å². The molecule has 0 fully saturated rings. The third kappa shape index (κ3) is 4.44. The van der Waals surface area contributed by atoms with Crippen LogP contribution in [0.2, 0.25) is 0 Å². The molecule has 0 saturated heterocycles. The van der Waals surface area contributed by atoms with Gasteiger partial charge in [0.15, 0.2) is 0 Å². The number of aromatic nitrogens is 2. The zero-order valence-electron chi connectivity index (χ0n) is 15.3. The first-order chi connectivity index (χ1) is 14.2. The van der Waals surface area contributed by atoms with E-state index >= 15 is 0 Å². The Morgan fingerprint density at radius 3 is 2.28 bits per heavy atom. The van der Waals surface area contributed by atoms with E-state index < -0.39 is 5.91 Å². The van der Waals surface area contributed by atoms with Gasteiger partial charge in [-0.3, -0.25) is 9.89 Å². The Hall–Kier alpha value is -4.06. The Bertz CT molecular complexity index is 1130. The van der Waals surface area contributed by atoms with Crippen molar-refractivity contribution in [3.63, 3.8) is 0 Å². The lowest BCUT2D eigenvalue weighted by molar-refractivity contribution is 0.0950. The molecule has 2 N–H and O–H groups in total. The van der Waals surface area contributed by atoms with Gasteiger partial charge in [0.25, 0.3) is 5.91 Å². The van der Waals surface area contributed by atoms with Crippen LogP contribution in [0, 0.1) is 5.82 Å². The molecule has 6 heteroatoms. The second-order valence-electron chi connectivity index (χ2n) is 6.36. The van der Waals surface area contributed by atoms with Gasteiger partial charge in [0.2, 0.25) is 0 Å². The van der Waals surface area contributed by atoms with Crippen molar-refractivity contribution in [2.24, 2.45) is 5.10 Å². The van der Waals surface area contributed by atoms with Crippen molar-refractivity contribution in [3.8, 4) is 22.4 Å². The van der Waals surface area contributed by atoms with E-state index in [0.29, 0.717) is 17.0 Å². The van der Waals surface area contributed by atoms with Crippen LogP contribution in [0.5, 0.6) is 0 Å². The number of hydrazone groups is 1. The van der Waals surface area contributed by atoms with Gasteiger partial charge < -0.3 is 0 Å². The quantitative estimate of drug-likeness (QED) is 0.388. The molecule has 0 atom stereocenters. The standard InChI is InChI=1S/C23H17FN4O/c24-20-12-6-16(7-13-20)15-25-28-23(29)22-14-21(26-27-22)19-10-8-18(9-11-19)17-4-2-1-3-5-17/h1-15H,(H,26,27)(H,28,29). The summed E-state index contributed by atoms with van der Waals surface area (Å²) in [5.41, 5.74) is 7.20. The molecule has 0 aliphatic heterocycles. The molecule has 0 saturated carbocycles. The molecule has 0 aliphatic carbocycles. The molecular weight excluding hydrogens is 367 g/mol. The van der Waals surface area contributed by atoms with Crippen LogP contribution in [0.4, 0.5) is 4.39 Å². The van der Waals surface area contributed by atoms with E-state index in [4.69, 9.17) is 0 Å². The van der Waals surface area contributed by atoms with E-state index in [9.17, 15) is 9.18 Å². The minimum atomic E-state index is -0.414. The fourth-order valence-electron chi connectivity index (χ4n) is 2.82. The topological polar surface area (TPSA) is 70.1 Å². The monoisotopic (exact) mass is 384 g/mol. The lowest BCUT2D eigenvalue weighted by atomic mass is 10.0. The summed E-state index contributed by atoms with van der Waals surface area (Å²) < 4.78 is 12.9. The van der Waals surface area contributed by atoms with Crippen LogP contribution < -0.4 is 5.43 Å². The molecule has 29 heavy (non-hydrogen) atoms. The molecule has 1 aromatic heterocycles. The van der Waals surface area contributed by atoms with E-state index in [2.05, 4.69) is 32.9 Å². The van der Waals surface area contributed by atoms with Crippen LogP contribution in [-0.4, -0.2) is 22.3 Å². The van der Waals surface area contributed by atoms with E-state index in [0.717, 1.165) is 16.7 Å². The van der Waals surface area contributed by atoms with E-state index in [1.807, 2.05) is 42.5 Å². The van der Waals surface area contributed by atoms with E-state index in [1.165, 1.54) is 18.3 Å². The summed E-state index contributed by atoms with van der Waals surface area (Å²) in [5, 5.41) is 10.8. The maximum atomic E-state index is 12.9. The zero-order chi connectivity index (χ0) is 20.1. The highest BCUT2D eigenvalue weighted by Gasteiger charge is 2.10. The van der Waals surface area contributed by atoms with Crippen LogP contribution in [0.1, 0.15) is 16.1 Å². The molecule has 4 rings (SSSR count). The number of nitrogens with one attached hydrogen (secondary N) is 2. The lowest BCUT2D eigenvalue weighted by Gasteiger charge is -2.02. The van der Waals surface area contributed by atoms with Gasteiger partial charge >= 0.3 is 0 Å². The number of nitrogens with zero attached hydrogens (tertiary/aromatic N) is 2. The number of rotatable bonds is 5. The summed E-state index contributed by atoms with van der Waals surface area (Å²) in [6, 6.07) is 25.5. The summed E-state index contributed by atoms with van der Waals surface area (Å²) >= 11 is 0. The number of aromatic amines is 1. The van der Waals surface area contributed by atoms with Crippen molar-refractivity contribution in [1.29, 1.82) is 0 Å². The Morgan fingerprint density at radius 2 is 1.55 bits per heavy atom. The van der Waals surface area contributed by atoms with Crippen molar-refractivity contribution in [1.82, 2.24) is 15.6 Å². The SMILES string of the molecule is O=C(NN=Cc1ccc(F)cc1)c1cc(-c2ccc(-c3ccccc3)cc2)n[nH]1. The molecule has 0 spiro atoms. The highest BCUT2D eigenvalue weighted by atomic mass is 19.1. The third-order valence-electron chi connectivity index (χ3n) is 4.36. The summed E-state index contributed by atoms with van der Waals surface area (Å²) in [7, 11) is 0. The van der Waals surface area contributed by atoms with Gasteiger partial charge in [-0.2, -0.15) is 10.2 Å². The smallest absolute Gasteiger partial charge is 0.272 e. The average molecular weight is 384 g/mol. The maximum Gasteiger partial charge on any atom is 0.289 e. The van der Waals surface area contributed by atoms with Crippen LogP contribution >= 0.6 is 0 Å². The fraction of sp³-hybridized carbons (Fsp3) is 0. The van der Waals surface area contributed by atoms with Crippen molar-refractivity contribution >= 4 is 12.1 Å². The van der Waals surface area contributed by atoms with E-state index in [-0.39, 0.29) is 5.82 Å². The molecule has 0 aliphatic rings. The van der Waals surface area contributed by atoms with Gasteiger partial charge in [-0.1, -0.05) is 66.7 Å². The normalized spacial score (nSPS) is 10.9. The Kier molecular flexibility index (Phi) is 5.25. The molecule has 0 radical (unpaired) electrons. The van der Waals surface area contributed by atoms with Crippen LogP contribution in [0.3, 0.4) is 0 Å². The number of amides is 1. The van der Waals surface area contributed by atoms with Crippen molar-refractivity contribution in [3.05, 3.63) is 102 Å². The molecule has 142 valence electrons. The first-order valence-corrected chi connectivity index (χ1v) is 8.99. The van der Waals surface area contributed by atoms with Gasteiger partial charge in [0.1, 0.15) is 11.5 Å². The Labute approximate surface area is 166 Å². The third-order valence-corrected chi connectivity index (χ3v) is 4.36. The molecule has 0 bridgehead atoms. The number of carbonyl (C=O) groups excluding carboxylic acids is 1. The van der Waals surface area contributed by atoms with Gasteiger partial charge in [-0.25, -0.2) is 9.82 Å². The summed E-state index contributed by atoms with van der Waals surface area (Å²) in [6.07, 6.45) is 1.44. The van der Waals surface area contributed by atoms with Crippen LogP contribution in [0.15, 0.2) is 90.0 Å². The predicted molar refractivity (Wildman–Crippen MR) is 111 cm³/mol. The molecule has 3 aromatic carbocycles.